The first-order valence-corrected chi connectivity index (χ1v) is 13.6. The molecule has 0 aliphatic heterocycles. The zero-order valence-corrected chi connectivity index (χ0v) is 25.3. The largest absolute Gasteiger partial charge is 0.495 e. The highest BCUT2D eigenvalue weighted by molar-refractivity contribution is 5.67. The molecule has 9 heteroatoms. The topological polar surface area (TPSA) is 114 Å². The number of methoxy groups -OCH3 is 1. The Labute approximate surface area is 241 Å². The third-order valence-corrected chi connectivity index (χ3v) is 7.85. The Morgan fingerprint density at radius 3 is 2.12 bits per heavy atom. The lowest BCUT2D eigenvalue weighted by Crippen LogP contribution is -2.55. The Morgan fingerprint density at radius 2 is 1.59 bits per heavy atom. The maximum Gasteiger partial charge on any atom is 0.408 e. The van der Waals surface area contributed by atoms with Gasteiger partial charge in [0.15, 0.2) is 0 Å². The van der Waals surface area contributed by atoms with Gasteiger partial charge < -0.3 is 14.4 Å². The summed E-state index contributed by atoms with van der Waals surface area (Å²) in [5.41, 5.74) is 2.73. The molecule has 0 radical (unpaired) electrons. The van der Waals surface area contributed by atoms with Gasteiger partial charge in [0.05, 0.1) is 19.0 Å². The highest BCUT2D eigenvalue weighted by Crippen LogP contribution is 2.39. The molecule has 0 aliphatic carbocycles. The second-order valence-electron chi connectivity index (χ2n) is 12.3. The van der Waals surface area contributed by atoms with Crippen LogP contribution in [0.5, 0.6) is 5.75 Å². The van der Waals surface area contributed by atoms with Crippen molar-refractivity contribution < 1.29 is 19.2 Å². The van der Waals surface area contributed by atoms with E-state index < -0.39 is 17.2 Å². The van der Waals surface area contributed by atoms with Crippen molar-refractivity contribution in [1.29, 1.82) is 0 Å². The zero-order chi connectivity index (χ0) is 30.2. The standard InChI is InChI=1S/C32H39N5O4/c1-20(2)32(8,24-13-10-21(11-14-24)23-16-25(40-9)19-33-17-23)26-15-12-22(18-34-26)27-35-28(41-36-27)31(6,7)37(29(38)39)30(3,4)5/h10-20H,1-9H3,(H,38,39). The Bertz CT molecular complexity index is 1500. The van der Waals surface area contributed by atoms with Crippen molar-refractivity contribution in [3.8, 4) is 28.3 Å². The van der Waals surface area contributed by atoms with Crippen LogP contribution in [-0.2, 0) is 11.0 Å². The van der Waals surface area contributed by atoms with Crippen LogP contribution >= 0.6 is 0 Å². The lowest BCUT2D eigenvalue weighted by molar-refractivity contribution is 0.0152. The molecule has 41 heavy (non-hydrogen) atoms. The van der Waals surface area contributed by atoms with Crippen molar-refractivity contribution in [3.05, 3.63) is 78.2 Å². The summed E-state index contributed by atoms with van der Waals surface area (Å²) >= 11 is 0. The van der Waals surface area contributed by atoms with Crippen molar-refractivity contribution in [2.75, 3.05) is 7.11 Å². The first-order valence-electron chi connectivity index (χ1n) is 13.6. The van der Waals surface area contributed by atoms with E-state index in [0.717, 1.165) is 22.4 Å². The number of aromatic nitrogens is 4. The maximum absolute atomic E-state index is 12.1. The van der Waals surface area contributed by atoms with Crippen molar-refractivity contribution in [1.82, 2.24) is 25.0 Å². The number of carbonyl (C=O) groups is 1. The molecular formula is C32H39N5O4. The number of benzene rings is 1. The number of nitrogens with zero attached hydrogens (tertiary/aromatic N) is 5. The van der Waals surface area contributed by atoms with Gasteiger partial charge in [-0.05, 0) is 76.8 Å². The van der Waals surface area contributed by atoms with Crippen molar-refractivity contribution >= 4 is 6.09 Å². The molecule has 1 aromatic carbocycles. The Hall–Kier alpha value is -4.27. The minimum Gasteiger partial charge on any atom is -0.495 e. The van der Waals surface area contributed by atoms with E-state index >= 15 is 0 Å². The van der Waals surface area contributed by atoms with E-state index in [2.05, 4.69) is 60.2 Å². The molecule has 4 rings (SSSR count). The molecule has 4 aromatic rings. The Kier molecular flexibility index (Phi) is 7.94. The van der Waals surface area contributed by atoms with E-state index in [1.165, 1.54) is 4.90 Å². The van der Waals surface area contributed by atoms with E-state index in [-0.39, 0.29) is 17.2 Å². The predicted octanol–water partition coefficient (Wildman–Crippen LogP) is 7.18. The van der Waals surface area contributed by atoms with Crippen LogP contribution in [0, 0.1) is 5.92 Å². The van der Waals surface area contributed by atoms with E-state index in [1.807, 2.05) is 45.2 Å². The number of rotatable bonds is 8. The number of ether oxygens (including phenoxy) is 1. The third kappa shape index (κ3) is 5.66. The van der Waals surface area contributed by atoms with Crippen LogP contribution in [0.15, 0.2) is 65.6 Å². The average Bonchev–Trinajstić information content (AvgIpc) is 3.43. The van der Waals surface area contributed by atoms with Gasteiger partial charge in [-0.2, -0.15) is 4.98 Å². The molecule has 216 valence electrons. The molecule has 0 saturated carbocycles. The van der Waals surface area contributed by atoms with Crippen LogP contribution in [0.1, 0.15) is 72.5 Å². The van der Waals surface area contributed by atoms with Gasteiger partial charge in [-0.15, -0.1) is 0 Å². The van der Waals surface area contributed by atoms with Gasteiger partial charge in [0.25, 0.3) is 5.89 Å². The molecule has 3 aromatic heterocycles. The van der Waals surface area contributed by atoms with Gasteiger partial charge >= 0.3 is 6.09 Å². The number of amides is 1. The van der Waals surface area contributed by atoms with Gasteiger partial charge in [0, 0.05) is 34.5 Å². The lowest BCUT2D eigenvalue weighted by atomic mass is 9.70. The third-order valence-electron chi connectivity index (χ3n) is 7.85. The monoisotopic (exact) mass is 557 g/mol. The second-order valence-corrected chi connectivity index (χ2v) is 12.3. The number of carboxylic acid groups (broad SMARTS) is 1. The quantitative estimate of drug-likeness (QED) is 0.242. The Morgan fingerprint density at radius 1 is 0.927 bits per heavy atom. The molecule has 1 N–H and O–H groups in total. The van der Waals surface area contributed by atoms with Gasteiger partial charge in [-0.25, -0.2) is 4.79 Å². The summed E-state index contributed by atoms with van der Waals surface area (Å²) in [6.45, 7) is 15.6. The van der Waals surface area contributed by atoms with Gasteiger partial charge in [0.2, 0.25) is 5.82 Å². The molecule has 0 spiro atoms. The van der Waals surface area contributed by atoms with Crippen LogP contribution in [0.25, 0.3) is 22.5 Å². The Balaban J connectivity index is 1.63. The van der Waals surface area contributed by atoms with Crippen LogP contribution < -0.4 is 4.74 Å². The van der Waals surface area contributed by atoms with Gasteiger partial charge in [-0.3, -0.25) is 14.9 Å². The van der Waals surface area contributed by atoms with Crippen LogP contribution in [-0.4, -0.2) is 48.9 Å². The highest BCUT2D eigenvalue weighted by atomic mass is 16.5. The van der Waals surface area contributed by atoms with Crippen molar-refractivity contribution in [2.24, 2.45) is 5.92 Å². The van der Waals surface area contributed by atoms with E-state index in [0.29, 0.717) is 17.1 Å². The number of hydrogen-bond acceptors (Lipinski definition) is 7. The average molecular weight is 558 g/mol. The van der Waals surface area contributed by atoms with Crippen molar-refractivity contribution in [3.63, 3.8) is 0 Å². The summed E-state index contributed by atoms with van der Waals surface area (Å²) in [4.78, 5) is 27.1. The predicted molar refractivity (Wildman–Crippen MR) is 158 cm³/mol. The lowest BCUT2D eigenvalue weighted by Gasteiger charge is -2.42. The molecule has 0 bridgehead atoms. The van der Waals surface area contributed by atoms with Crippen LogP contribution in [0.4, 0.5) is 4.79 Å². The van der Waals surface area contributed by atoms with E-state index in [4.69, 9.17) is 14.2 Å². The summed E-state index contributed by atoms with van der Waals surface area (Å²) in [5, 5.41) is 14.0. The summed E-state index contributed by atoms with van der Waals surface area (Å²) in [7, 11) is 1.63. The molecule has 3 heterocycles. The molecule has 0 saturated heterocycles. The number of pyridine rings is 2. The van der Waals surface area contributed by atoms with Crippen LogP contribution in [0.3, 0.4) is 0 Å². The highest BCUT2D eigenvalue weighted by Gasteiger charge is 2.44. The molecule has 1 amide bonds. The fourth-order valence-electron chi connectivity index (χ4n) is 5.36. The summed E-state index contributed by atoms with van der Waals surface area (Å²) in [6, 6.07) is 14.4. The smallest absolute Gasteiger partial charge is 0.408 e. The second kappa shape index (κ2) is 11.0. The molecule has 1 unspecified atom stereocenters. The minimum atomic E-state index is -1.06. The number of hydrogen-bond donors (Lipinski definition) is 1. The fourth-order valence-corrected chi connectivity index (χ4v) is 5.36. The molecule has 0 fully saturated rings. The molecular weight excluding hydrogens is 518 g/mol. The van der Waals surface area contributed by atoms with E-state index in [9.17, 15) is 9.90 Å². The fraction of sp³-hybridized carbons (Fsp3) is 0.406. The summed E-state index contributed by atoms with van der Waals surface area (Å²) in [5.74, 6) is 1.54. The first kappa shape index (κ1) is 29.7. The molecule has 9 nitrogen and oxygen atoms in total. The van der Waals surface area contributed by atoms with Crippen molar-refractivity contribution in [2.45, 2.75) is 71.9 Å². The normalized spacial score (nSPS) is 13.6. The summed E-state index contributed by atoms with van der Waals surface area (Å²) < 4.78 is 10.9. The maximum atomic E-state index is 12.1. The molecule has 0 aliphatic rings. The van der Waals surface area contributed by atoms with Crippen LogP contribution in [0.2, 0.25) is 0 Å². The minimum absolute atomic E-state index is 0.215. The van der Waals surface area contributed by atoms with Gasteiger partial charge in [0.1, 0.15) is 11.3 Å². The SMILES string of the molecule is COc1cncc(-c2ccc(C(C)(c3ccc(-c4noc(C(C)(C)N(C(=O)O)C(C)(C)C)n4)cn3)C(C)C)cc2)c1. The zero-order valence-electron chi connectivity index (χ0n) is 25.3. The molecule has 1 atom stereocenters. The van der Waals surface area contributed by atoms with E-state index in [1.54, 1.807) is 33.4 Å². The summed E-state index contributed by atoms with van der Waals surface area (Å²) in [6.07, 6.45) is 4.20. The first-order chi connectivity index (χ1) is 19.2. The van der Waals surface area contributed by atoms with Gasteiger partial charge in [-0.1, -0.05) is 43.3 Å².